The van der Waals surface area contributed by atoms with Crippen LogP contribution in [0.25, 0.3) is 10.9 Å². The number of unbranched alkanes of at least 4 members (excludes halogenated alkanes) is 4. The molecule has 0 aliphatic heterocycles. The zero-order chi connectivity index (χ0) is 22.5. The number of rotatable bonds is 17. The molecule has 2 rings (SSSR count). The molecule has 0 saturated heterocycles. The highest BCUT2D eigenvalue weighted by molar-refractivity contribution is 5.87. The number of carbonyl (C=O) groups excluding carboxylic acids is 2. The fourth-order valence-electron chi connectivity index (χ4n) is 4.16. The van der Waals surface area contributed by atoms with E-state index in [1.165, 1.54) is 10.9 Å². The van der Waals surface area contributed by atoms with Crippen LogP contribution in [0.15, 0.2) is 30.5 Å². The number of nitrogens with one attached hydrogen (secondary N) is 3. The number of carbonyl (C=O) groups is 2. The van der Waals surface area contributed by atoms with Crippen molar-refractivity contribution in [2.24, 2.45) is 5.73 Å². The molecule has 1 aromatic heterocycles. The number of nitrogens with two attached hydrogens (primary N) is 1. The highest BCUT2D eigenvalue weighted by atomic mass is 16.1. The molecule has 31 heavy (non-hydrogen) atoms. The number of fused-ring (bicyclic) bond motifs is 1. The maximum atomic E-state index is 12.7. The second-order valence-corrected chi connectivity index (χ2v) is 8.38. The lowest BCUT2D eigenvalue weighted by atomic mass is 9.97. The van der Waals surface area contributed by atoms with Crippen molar-refractivity contribution in [2.45, 2.75) is 76.3 Å². The van der Waals surface area contributed by atoms with E-state index in [1.54, 1.807) is 0 Å². The summed E-state index contributed by atoms with van der Waals surface area (Å²) in [6.07, 6.45) is 10.5. The lowest BCUT2D eigenvalue weighted by molar-refractivity contribution is -0.122. The highest BCUT2D eigenvalue weighted by Gasteiger charge is 2.18. The minimum absolute atomic E-state index is 0.0472. The Morgan fingerprint density at radius 2 is 1.55 bits per heavy atom. The van der Waals surface area contributed by atoms with Crippen LogP contribution in [-0.4, -0.2) is 49.3 Å². The first-order valence-corrected chi connectivity index (χ1v) is 11.8. The Bertz CT molecular complexity index is 802. The number of aromatic nitrogens is 1. The second-order valence-electron chi connectivity index (χ2n) is 8.38. The number of Topliss-reactive ketones (excluding diaryl/α,β-unsaturated/α-hetero) is 2. The van der Waals surface area contributed by atoms with Crippen molar-refractivity contribution in [3.63, 3.8) is 0 Å². The average molecular weight is 429 g/mol. The fraction of sp³-hybridized carbons (Fsp3) is 0.600. The number of benzene rings is 1. The quantitative estimate of drug-likeness (QED) is 0.289. The van der Waals surface area contributed by atoms with E-state index in [4.69, 9.17) is 5.73 Å². The predicted octanol–water partition coefficient (Wildman–Crippen LogP) is 3.49. The zero-order valence-electron chi connectivity index (χ0n) is 19.2. The van der Waals surface area contributed by atoms with Gasteiger partial charge in [-0.3, -0.25) is 9.59 Å². The summed E-state index contributed by atoms with van der Waals surface area (Å²) in [6.45, 7) is 0.680. The third-order valence-corrected chi connectivity index (χ3v) is 6.12. The highest BCUT2D eigenvalue weighted by Crippen LogP contribution is 2.20. The third kappa shape index (κ3) is 8.20. The van der Waals surface area contributed by atoms with E-state index in [0.29, 0.717) is 31.6 Å². The van der Waals surface area contributed by atoms with Crippen molar-refractivity contribution in [3.8, 4) is 0 Å². The van der Waals surface area contributed by atoms with E-state index in [-0.39, 0.29) is 17.9 Å². The summed E-state index contributed by atoms with van der Waals surface area (Å²) in [5.74, 6) is 0.559. The van der Waals surface area contributed by atoms with E-state index in [9.17, 15) is 9.59 Å². The van der Waals surface area contributed by atoms with Crippen LogP contribution in [0.1, 0.15) is 63.4 Å². The summed E-state index contributed by atoms with van der Waals surface area (Å²) in [5, 5.41) is 7.50. The first-order valence-electron chi connectivity index (χ1n) is 11.8. The lowest BCUT2D eigenvalue weighted by Gasteiger charge is -2.15. The summed E-state index contributed by atoms with van der Waals surface area (Å²) >= 11 is 0. The van der Waals surface area contributed by atoms with Gasteiger partial charge in [0.25, 0.3) is 0 Å². The average Bonchev–Trinajstić information content (AvgIpc) is 3.20. The molecule has 1 aromatic carbocycles. The summed E-state index contributed by atoms with van der Waals surface area (Å²) in [6, 6.07) is 7.98. The zero-order valence-corrected chi connectivity index (χ0v) is 19.2. The minimum atomic E-state index is -0.161. The Balaban J connectivity index is 1.65. The molecule has 0 unspecified atom stereocenters. The van der Waals surface area contributed by atoms with Gasteiger partial charge < -0.3 is 21.4 Å². The molecule has 0 radical (unpaired) electrons. The number of hydrogen-bond acceptors (Lipinski definition) is 5. The number of likely N-dealkylation sites (N-methyl/N-ethyl adjacent to an activating group) is 2. The van der Waals surface area contributed by atoms with Crippen molar-refractivity contribution < 1.29 is 9.59 Å². The smallest absolute Gasteiger partial charge is 0.150 e. The van der Waals surface area contributed by atoms with E-state index >= 15 is 0 Å². The molecule has 0 fully saturated rings. The van der Waals surface area contributed by atoms with Gasteiger partial charge in [-0.25, -0.2) is 0 Å². The Hall–Kier alpha value is -2.02. The minimum Gasteiger partial charge on any atom is -0.361 e. The SMILES string of the molecule is CN[C@@H](CCCCN)C(=O)CCCCCCC(=O)[C@H](Cc1c[nH]c2ccccc12)NC. The molecule has 0 spiro atoms. The van der Waals surface area contributed by atoms with Crippen molar-refractivity contribution >= 4 is 22.5 Å². The molecule has 2 atom stereocenters. The van der Waals surface area contributed by atoms with E-state index in [1.807, 2.05) is 32.4 Å². The first-order chi connectivity index (χ1) is 15.1. The van der Waals surface area contributed by atoms with Crippen LogP contribution in [0.3, 0.4) is 0 Å². The van der Waals surface area contributed by atoms with E-state index in [2.05, 4.69) is 27.8 Å². The van der Waals surface area contributed by atoms with Gasteiger partial charge >= 0.3 is 0 Å². The first kappa shape index (κ1) is 25.2. The molecule has 0 aliphatic carbocycles. The van der Waals surface area contributed by atoms with Crippen molar-refractivity contribution in [2.75, 3.05) is 20.6 Å². The number of H-pyrrole nitrogens is 1. The lowest BCUT2D eigenvalue weighted by Crippen LogP contribution is -2.35. The molecule has 1 heterocycles. The molecule has 0 bridgehead atoms. The standard InChI is InChI=1S/C25H40N4O2/c1-27-22(13-9-10-16-26)24(30)14-5-3-4-6-15-25(31)23(28-2)17-19-18-29-21-12-8-7-11-20(19)21/h7-8,11-12,18,22-23,27-29H,3-6,9-10,13-17,26H2,1-2H3/t22-,23-/m0/s1. The third-order valence-electron chi connectivity index (χ3n) is 6.12. The number of hydrogen-bond donors (Lipinski definition) is 4. The van der Waals surface area contributed by atoms with Gasteiger partial charge in [-0.2, -0.15) is 0 Å². The summed E-state index contributed by atoms with van der Waals surface area (Å²) in [7, 11) is 3.71. The Labute approximate surface area is 186 Å². The molecular formula is C25H40N4O2. The predicted molar refractivity (Wildman–Crippen MR) is 128 cm³/mol. The molecule has 6 nitrogen and oxygen atoms in total. The van der Waals surface area contributed by atoms with Gasteiger partial charge in [0.2, 0.25) is 0 Å². The Morgan fingerprint density at radius 3 is 2.19 bits per heavy atom. The van der Waals surface area contributed by atoms with Crippen LogP contribution >= 0.6 is 0 Å². The number of aromatic amines is 1. The summed E-state index contributed by atoms with van der Waals surface area (Å²) in [5.41, 5.74) is 7.81. The van der Waals surface area contributed by atoms with Gasteiger partial charge in [-0.15, -0.1) is 0 Å². The van der Waals surface area contributed by atoms with Gasteiger partial charge in [-0.1, -0.05) is 37.5 Å². The van der Waals surface area contributed by atoms with Crippen LogP contribution in [0, 0.1) is 0 Å². The topological polar surface area (TPSA) is 100 Å². The van der Waals surface area contributed by atoms with Crippen LogP contribution in [0.4, 0.5) is 0 Å². The maximum absolute atomic E-state index is 12.7. The molecular weight excluding hydrogens is 388 g/mol. The van der Waals surface area contributed by atoms with Crippen LogP contribution in [0.5, 0.6) is 0 Å². The molecule has 0 amide bonds. The number of ketones is 2. The largest absolute Gasteiger partial charge is 0.361 e. The van der Waals surface area contributed by atoms with Crippen molar-refractivity contribution in [3.05, 3.63) is 36.0 Å². The molecule has 0 aliphatic rings. The van der Waals surface area contributed by atoms with E-state index in [0.717, 1.165) is 50.5 Å². The van der Waals surface area contributed by atoms with Crippen molar-refractivity contribution in [1.82, 2.24) is 15.6 Å². The summed E-state index contributed by atoms with van der Waals surface area (Å²) < 4.78 is 0. The fourth-order valence-corrected chi connectivity index (χ4v) is 4.16. The molecule has 6 heteroatoms. The maximum Gasteiger partial charge on any atom is 0.150 e. The van der Waals surface area contributed by atoms with E-state index < -0.39 is 0 Å². The normalized spacial score (nSPS) is 13.4. The van der Waals surface area contributed by atoms with Crippen LogP contribution in [0.2, 0.25) is 0 Å². The number of para-hydroxylation sites is 1. The Morgan fingerprint density at radius 1 is 0.903 bits per heavy atom. The van der Waals surface area contributed by atoms with Gasteiger partial charge in [0.1, 0.15) is 11.6 Å². The van der Waals surface area contributed by atoms with Gasteiger partial charge in [0.05, 0.1) is 12.1 Å². The monoisotopic (exact) mass is 428 g/mol. The Kier molecular flexibility index (Phi) is 11.5. The van der Waals surface area contributed by atoms with Crippen molar-refractivity contribution in [1.29, 1.82) is 0 Å². The van der Waals surface area contributed by atoms with Crippen LogP contribution < -0.4 is 16.4 Å². The molecule has 5 N–H and O–H groups in total. The summed E-state index contributed by atoms with van der Waals surface area (Å²) in [4.78, 5) is 28.3. The molecule has 0 saturated carbocycles. The van der Waals surface area contributed by atoms with Gasteiger partial charge in [0.15, 0.2) is 0 Å². The second kappa shape index (κ2) is 14.1. The van der Waals surface area contributed by atoms with Gasteiger partial charge in [-0.05, 0) is 64.4 Å². The van der Waals surface area contributed by atoms with Crippen LogP contribution in [-0.2, 0) is 16.0 Å². The molecule has 2 aromatic rings. The molecule has 172 valence electrons. The van der Waals surface area contributed by atoms with Gasteiger partial charge in [0, 0.05) is 29.9 Å².